The van der Waals surface area contributed by atoms with Gasteiger partial charge in [-0.05, 0) is 18.1 Å². The molecule has 1 saturated heterocycles. The molecule has 140 valence electrons. The Hall–Kier alpha value is -1.96. The largest absolute Gasteiger partial charge is 0.379 e. The molecule has 1 aromatic carbocycles. The second-order valence-electron chi connectivity index (χ2n) is 6.35. The molecule has 1 fully saturated rings. The Kier molecular flexibility index (Phi) is 6.24. The minimum Gasteiger partial charge on any atom is -0.379 e. The second kappa shape index (κ2) is 8.62. The normalized spacial score (nSPS) is 17.0. The average molecular weight is 377 g/mol. The van der Waals surface area contributed by atoms with E-state index in [1.807, 2.05) is 18.2 Å². The van der Waals surface area contributed by atoms with Crippen molar-refractivity contribution in [3.63, 3.8) is 0 Å². The lowest BCUT2D eigenvalue weighted by Crippen LogP contribution is -2.40. The predicted molar refractivity (Wildman–Crippen MR) is 100 cm³/mol. The molecule has 0 amide bonds. The van der Waals surface area contributed by atoms with Gasteiger partial charge in [0.25, 0.3) is 5.82 Å². The molecule has 0 spiro atoms. The summed E-state index contributed by atoms with van der Waals surface area (Å²) in [5, 5.41) is 3.47. The Labute approximate surface area is 155 Å². The molecule has 2 N–H and O–H groups in total. The molecule has 2 heterocycles. The van der Waals surface area contributed by atoms with Gasteiger partial charge in [0.05, 0.1) is 13.2 Å². The molecule has 0 aliphatic carbocycles. The number of benzene rings is 1. The molecule has 0 unspecified atom stereocenters. The Balaban J connectivity index is 1.74. The standard InChI is InChI=1S/C19H25N3O3S/c1-2-6-18(16-7-4-3-5-8-16)21-19-10-9-17(15-20-19)26(23,24)22-11-13-25-14-12-22/h3-5,7-10,15,18H,2,6,11-14H2,1H3,(H,20,21)/p+1/t18-/m1/s1. The second-order valence-corrected chi connectivity index (χ2v) is 8.29. The van der Waals surface area contributed by atoms with E-state index in [0.717, 1.165) is 18.7 Å². The number of aromatic amines is 1. The van der Waals surface area contributed by atoms with Crippen LogP contribution < -0.4 is 10.3 Å². The van der Waals surface area contributed by atoms with Crippen molar-refractivity contribution < 1.29 is 18.1 Å². The van der Waals surface area contributed by atoms with E-state index in [1.54, 1.807) is 18.3 Å². The van der Waals surface area contributed by atoms with Crippen molar-refractivity contribution in [3.05, 3.63) is 54.2 Å². The van der Waals surface area contributed by atoms with Gasteiger partial charge in [0, 0.05) is 19.2 Å². The monoisotopic (exact) mass is 376 g/mol. The quantitative estimate of drug-likeness (QED) is 0.806. The molecule has 6 nitrogen and oxygen atoms in total. The van der Waals surface area contributed by atoms with Crippen LogP contribution in [0.5, 0.6) is 0 Å². The third-order valence-electron chi connectivity index (χ3n) is 4.50. The Morgan fingerprint density at radius 3 is 2.50 bits per heavy atom. The molecule has 0 saturated carbocycles. The molecular formula is C19H26N3O3S+. The molecular weight excluding hydrogens is 350 g/mol. The minimum absolute atomic E-state index is 0.180. The summed E-state index contributed by atoms with van der Waals surface area (Å²) in [4.78, 5) is 3.37. The maximum atomic E-state index is 12.7. The first-order valence-electron chi connectivity index (χ1n) is 9.02. The number of ether oxygens (including phenoxy) is 1. The van der Waals surface area contributed by atoms with Crippen molar-refractivity contribution in [2.75, 3.05) is 31.6 Å². The van der Waals surface area contributed by atoms with E-state index in [1.165, 1.54) is 9.87 Å². The smallest absolute Gasteiger partial charge is 0.272 e. The van der Waals surface area contributed by atoms with E-state index in [-0.39, 0.29) is 10.9 Å². The van der Waals surface area contributed by atoms with Crippen molar-refractivity contribution >= 4 is 15.8 Å². The van der Waals surface area contributed by atoms with Gasteiger partial charge < -0.3 is 4.74 Å². The van der Waals surface area contributed by atoms with Crippen LogP contribution in [0.2, 0.25) is 0 Å². The van der Waals surface area contributed by atoms with Crippen molar-refractivity contribution in [2.45, 2.75) is 30.7 Å². The SMILES string of the molecule is CCC[C@@H](Nc1ccc(S(=O)(=O)N2CCOCC2)c[nH+]1)c1ccccc1. The molecule has 26 heavy (non-hydrogen) atoms. The molecule has 1 aliphatic heterocycles. The fourth-order valence-corrected chi connectivity index (χ4v) is 4.46. The van der Waals surface area contributed by atoms with Crippen molar-refractivity contribution in [3.8, 4) is 0 Å². The number of rotatable bonds is 7. The Morgan fingerprint density at radius 2 is 1.88 bits per heavy atom. The number of aromatic nitrogens is 1. The number of nitrogens with one attached hydrogen (secondary N) is 2. The van der Waals surface area contributed by atoms with Crippen LogP contribution in [-0.2, 0) is 14.8 Å². The average Bonchev–Trinajstić information content (AvgIpc) is 2.69. The number of morpholine rings is 1. The molecule has 1 aromatic heterocycles. The van der Waals surface area contributed by atoms with Crippen molar-refractivity contribution in [1.29, 1.82) is 0 Å². The lowest BCUT2D eigenvalue weighted by atomic mass is 10.0. The molecule has 3 rings (SSSR count). The van der Waals surface area contributed by atoms with E-state index >= 15 is 0 Å². The summed E-state index contributed by atoms with van der Waals surface area (Å²) in [6.45, 7) is 3.83. The predicted octanol–water partition coefficient (Wildman–Crippen LogP) is 2.47. The van der Waals surface area contributed by atoms with Gasteiger partial charge in [-0.3, -0.25) is 5.32 Å². The summed E-state index contributed by atoms with van der Waals surface area (Å²) in [5.41, 5.74) is 1.22. The lowest BCUT2D eigenvalue weighted by molar-refractivity contribution is -0.364. The third-order valence-corrected chi connectivity index (χ3v) is 6.40. The van der Waals surface area contributed by atoms with Crippen LogP contribution in [0.3, 0.4) is 0 Å². The lowest BCUT2D eigenvalue weighted by Gasteiger charge is -2.25. The number of anilines is 1. The molecule has 7 heteroatoms. The Bertz CT molecular complexity index is 789. The van der Waals surface area contributed by atoms with Gasteiger partial charge in [-0.2, -0.15) is 4.31 Å². The number of sulfonamides is 1. The topological polar surface area (TPSA) is 72.8 Å². The highest BCUT2D eigenvalue weighted by Gasteiger charge is 2.27. The van der Waals surface area contributed by atoms with E-state index in [4.69, 9.17) is 4.74 Å². The van der Waals surface area contributed by atoms with Crippen LogP contribution in [0, 0.1) is 0 Å². The van der Waals surface area contributed by atoms with Crippen LogP contribution in [0.25, 0.3) is 0 Å². The summed E-state index contributed by atoms with van der Waals surface area (Å²) < 4.78 is 32.1. The molecule has 0 bridgehead atoms. The fourth-order valence-electron chi connectivity index (χ4n) is 3.08. The minimum atomic E-state index is -3.48. The van der Waals surface area contributed by atoms with Gasteiger partial charge in [-0.1, -0.05) is 43.7 Å². The maximum absolute atomic E-state index is 12.7. The van der Waals surface area contributed by atoms with Crippen LogP contribution in [0.1, 0.15) is 31.4 Å². The highest BCUT2D eigenvalue weighted by Crippen LogP contribution is 2.23. The molecule has 1 atom stereocenters. The first-order valence-corrected chi connectivity index (χ1v) is 10.5. The first-order chi connectivity index (χ1) is 12.6. The fraction of sp³-hybridized carbons (Fsp3) is 0.421. The van der Waals surface area contributed by atoms with Gasteiger partial charge in [0.15, 0.2) is 0 Å². The summed E-state index contributed by atoms with van der Waals surface area (Å²) in [7, 11) is -3.48. The van der Waals surface area contributed by atoms with Gasteiger partial charge in [-0.15, -0.1) is 0 Å². The van der Waals surface area contributed by atoms with Gasteiger partial charge in [0.1, 0.15) is 17.1 Å². The summed E-state index contributed by atoms with van der Waals surface area (Å²) in [6.07, 6.45) is 3.60. The third kappa shape index (κ3) is 4.41. The maximum Gasteiger partial charge on any atom is 0.272 e. The van der Waals surface area contributed by atoms with E-state index in [9.17, 15) is 8.42 Å². The van der Waals surface area contributed by atoms with Crippen LogP contribution >= 0.6 is 0 Å². The number of hydrogen-bond acceptors (Lipinski definition) is 4. The van der Waals surface area contributed by atoms with E-state index in [2.05, 4.69) is 29.4 Å². The number of H-pyrrole nitrogens is 1. The first kappa shape index (κ1) is 18.8. The zero-order valence-electron chi connectivity index (χ0n) is 15.0. The number of hydrogen-bond donors (Lipinski definition) is 1. The van der Waals surface area contributed by atoms with E-state index in [0.29, 0.717) is 26.3 Å². The van der Waals surface area contributed by atoms with Crippen LogP contribution in [0.4, 0.5) is 5.82 Å². The van der Waals surface area contributed by atoms with E-state index < -0.39 is 10.0 Å². The summed E-state index contributed by atoms with van der Waals surface area (Å²) in [5.74, 6) is 0.799. The number of nitrogens with zero attached hydrogens (tertiary/aromatic N) is 1. The zero-order valence-corrected chi connectivity index (χ0v) is 15.8. The van der Waals surface area contributed by atoms with Gasteiger partial charge in [-0.25, -0.2) is 13.4 Å². The summed E-state index contributed by atoms with van der Waals surface area (Å²) in [6, 6.07) is 13.9. The highest BCUT2D eigenvalue weighted by atomic mass is 32.2. The Morgan fingerprint density at radius 1 is 1.15 bits per heavy atom. The van der Waals surface area contributed by atoms with Gasteiger partial charge >= 0.3 is 0 Å². The summed E-state index contributed by atoms with van der Waals surface area (Å²) >= 11 is 0. The van der Waals surface area contributed by atoms with Crippen molar-refractivity contribution in [2.24, 2.45) is 0 Å². The zero-order chi connectivity index (χ0) is 18.4. The molecule has 1 aliphatic rings. The van der Waals surface area contributed by atoms with Crippen LogP contribution in [0.15, 0.2) is 53.6 Å². The van der Waals surface area contributed by atoms with Crippen LogP contribution in [-0.4, -0.2) is 39.0 Å². The van der Waals surface area contributed by atoms with Gasteiger partial charge in [0.2, 0.25) is 10.0 Å². The molecule has 0 radical (unpaired) electrons. The number of pyridine rings is 1. The van der Waals surface area contributed by atoms with Crippen molar-refractivity contribution in [1.82, 2.24) is 4.31 Å². The molecule has 2 aromatic rings. The highest BCUT2D eigenvalue weighted by molar-refractivity contribution is 7.89.